The lowest BCUT2D eigenvalue weighted by Gasteiger charge is -2.30. The minimum Gasteiger partial charge on any atom is -0.213 e. The van der Waals surface area contributed by atoms with Crippen LogP contribution in [0.5, 0.6) is 0 Å². The molecule has 0 bridgehead atoms. The van der Waals surface area contributed by atoms with Crippen molar-refractivity contribution in [3.63, 3.8) is 0 Å². The number of hydrogen-bond donors (Lipinski definition) is 1. The highest BCUT2D eigenvalue weighted by Gasteiger charge is 2.28. The molecule has 2 rings (SSSR count). The van der Waals surface area contributed by atoms with Gasteiger partial charge in [0, 0.05) is 23.6 Å². The Morgan fingerprint density at radius 1 is 1.23 bits per heavy atom. The van der Waals surface area contributed by atoms with E-state index >= 15 is 0 Å². The molecule has 1 N–H and O–H groups in total. The zero-order chi connectivity index (χ0) is 16.5. The van der Waals surface area contributed by atoms with E-state index in [2.05, 4.69) is 20.7 Å². The first-order chi connectivity index (χ1) is 10.1. The molecule has 0 unspecified atom stereocenters. The van der Waals surface area contributed by atoms with E-state index in [0.717, 1.165) is 6.26 Å². The summed E-state index contributed by atoms with van der Waals surface area (Å²) >= 11 is 9.20. The van der Waals surface area contributed by atoms with Crippen LogP contribution in [0, 0.1) is 0 Å². The van der Waals surface area contributed by atoms with Crippen LogP contribution in [0.25, 0.3) is 0 Å². The van der Waals surface area contributed by atoms with Gasteiger partial charge in [-0.25, -0.2) is 25.9 Å². The first-order valence-electron chi connectivity index (χ1n) is 6.52. The molecule has 6 nitrogen and oxygen atoms in total. The SMILES string of the molecule is CS(=O)(=O)N1CCC(NS(=O)(=O)c2ccc(Br)cc2Cl)CC1. The molecule has 1 aliphatic rings. The molecule has 0 saturated carbocycles. The Balaban J connectivity index is 2.08. The van der Waals surface area contributed by atoms with Crippen molar-refractivity contribution in [2.45, 2.75) is 23.8 Å². The van der Waals surface area contributed by atoms with Gasteiger partial charge in [0.05, 0.1) is 11.3 Å². The van der Waals surface area contributed by atoms with Gasteiger partial charge in [-0.3, -0.25) is 0 Å². The van der Waals surface area contributed by atoms with Crippen molar-refractivity contribution in [2.24, 2.45) is 0 Å². The van der Waals surface area contributed by atoms with E-state index in [1.807, 2.05) is 0 Å². The minimum absolute atomic E-state index is 0.0166. The maximum absolute atomic E-state index is 12.4. The summed E-state index contributed by atoms with van der Waals surface area (Å²) in [7, 11) is -6.96. The van der Waals surface area contributed by atoms with Crippen LogP contribution in [0.1, 0.15) is 12.8 Å². The molecule has 1 aliphatic heterocycles. The Kier molecular flexibility index (Phi) is 5.56. The van der Waals surface area contributed by atoms with Crippen molar-refractivity contribution in [3.8, 4) is 0 Å². The third kappa shape index (κ3) is 4.42. The van der Waals surface area contributed by atoms with Gasteiger partial charge in [0.15, 0.2) is 0 Å². The monoisotopic (exact) mass is 430 g/mol. The largest absolute Gasteiger partial charge is 0.242 e. The lowest BCUT2D eigenvalue weighted by molar-refractivity contribution is 0.310. The van der Waals surface area contributed by atoms with Crippen LogP contribution in [-0.4, -0.2) is 46.5 Å². The van der Waals surface area contributed by atoms with E-state index < -0.39 is 20.0 Å². The van der Waals surface area contributed by atoms with Crippen molar-refractivity contribution in [1.82, 2.24) is 9.03 Å². The number of benzene rings is 1. The Labute approximate surface area is 144 Å². The highest BCUT2D eigenvalue weighted by molar-refractivity contribution is 9.10. The van der Waals surface area contributed by atoms with Crippen LogP contribution in [-0.2, 0) is 20.0 Å². The normalized spacial score (nSPS) is 18.5. The maximum atomic E-state index is 12.4. The van der Waals surface area contributed by atoms with Crippen molar-refractivity contribution in [1.29, 1.82) is 0 Å². The van der Waals surface area contributed by atoms with Gasteiger partial charge in [-0.05, 0) is 31.0 Å². The fraction of sp³-hybridized carbons (Fsp3) is 0.500. The Morgan fingerprint density at radius 3 is 2.32 bits per heavy atom. The number of hydrogen-bond acceptors (Lipinski definition) is 4. The molecular weight excluding hydrogens is 416 g/mol. The van der Waals surface area contributed by atoms with Gasteiger partial charge in [-0.1, -0.05) is 27.5 Å². The smallest absolute Gasteiger partial charge is 0.213 e. The zero-order valence-electron chi connectivity index (χ0n) is 11.8. The minimum atomic E-state index is -3.73. The Morgan fingerprint density at radius 2 is 1.82 bits per heavy atom. The number of rotatable bonds is 4. The number of halogens is 2. The standard InChI is InChI=1S/C12H16BrClN2O4S2/c1-21(17,18)16-6-4-10(5-7-16)15-22(19,20)12-3-2-9(13)8-11(12)14/h2-3,8,10,15H,4-7H2,1H3. The fourth-order valence-electron chi connectivity index (χ4n) is 2.28. The van der Waals surface area contributed by atoms with Gasteiger partial charge >= 0.3 is 0 Å². The predicted octanol–water partition coefficient (Wildman–Crippen LogP) is 1.80. The molecule has 0 aromatic heterocycles. The topological polar surface area (TPSA) is 83.6 Å². The third-order valence-electron chi connectivity index (χ3n) is 3.43. The summed E-state index contributed by atoms with van der Waals surface area (Å²) in [6.07, 6.45) is 2.01. The van der Waals surface area contributed by atoms with Crippen molar-refractivity contribution in [3.05, 3.63) is 27.7 Å². The molecule has 124 valence electrons. The predicted molar refractivity (Wildman–Crippen MR) is 88.9 cm³/mol. The molecule has 0 amide bonds. The van der Waals surface area contributed by atoms with E-state index in [1.54, 1.807) is 6.07 Å². The molecule has 0 spiro atoms. The molecule has 10 heteroatoms. The summed E-state index contributed by atoms with van der Waals surface area (Å²) in [5.74, 6) is 0. The second-order valence-electron chi connectivity index (χ2n) is 5.13. The van der Waals surface area contributed by atoms with E-state index in [4.69, 9.17) is 11.6 Å². The van der Waals surface area contributed by atoms with Crippen LogP contribution in [0.2, 0.25) is 5.02 Å². The molecule has 1 aromatic rings. The first kappa shape index (κ1) is 18.2. The lowest BCUT2D eigenvalue weighted by Crippen LogP contribution is -2.46. The second kappa shape index (κ2) is 6.74. The molecule has 1 saturated heterocycles. The molecule has 1 fully saturated rings. The van der Waals surface area contributed by atoms with E-state index in [9.17, 15) is 16.8 Å². The van der Waals surface area contributed by atoms with Gasteiger partial charge < -0.3 is 0 Å². The van der Waals surface area contributed by atoms with E-state index in [-0.39, 0.29) is 16.0 Å². The molecule has 22 heavy (non-hydrogen) atoms. The summed E-state index contributed by atoms with van der Waals surface area (Å²) in [6, 6.07) is 4.25. The average Bonchev–Trinajstić information content (AvgIpc) is 2.37. The number of nitrogens with one attached hydrogen (secondary N) is 1. The Bertz CT molecular complexity index is 759. The highest BCUT2D eigenvalue weighted by Crippen LogP contribution is 2.26. The van der Waals surface area contributed by atoms with Gasteiger partial charge in [0.25, 0.3) is 0 Å². The van der Waals surface area contributed by atoms with Crippen LogP contribution < -0.4 is 4.72 Å². The molecule has 1 aromatic carbocycles. The number of piperidine rings is 1. The van der Waals surface area contributed by atoms with Crippen molar-refractivity contribution in [2.75, 3.05) is 19.3 Å². The molecule has 0 aliphatic carbocycles. The summed E-state index contributed by atoms with van der Waals surface area (Å²) in [4.78, 5) is 0.0166. The van der Waals surface area contributed by atoms with Crippen LogP contribution in [0.4, 0.5) is 0 Å². The van der Waals surface area contributed by atoms with Gasteiger partial charge in [0.1, 0.15) is 4.90 Å². The van der Waals surface area contributed by atoms with Gasteiger partial charge in [0.2, 0.25) is 20.0 Å². The second-order valence-corrected chi connectivity index (χ2v) is 10.1. The highest BCUT2D eigenvalue weighted by atomic mass is 79.9. The summed E-state index contributed by atoms with van der Waals surface area (Å²) in [5, 5.41) is 0.135. The van der Waals surface area contributed by atoms with Crippen molar-refractivity contribution < 1.29 is 16.8 Å². The molecule has 0 atom stereocenters. The first-order valence-corrected chi connectivity index (χ1v) is 11.0. The van der Waals surface area contributed by atoms with Crippen LogP contribution in [0.15, 0.2) is 27.6 Å². The van der Waals surface area contributed by atoms with Crippen molar-refractivity contribution >= 4 is 47.6 Å². The average molecular weight is 432 g/mol. The molecular formula is C12H16BrClN2O4S2. The zero-order valence-corrected chi connectivity index (χ0v) is 15.8. The molecule has 0 radical (unpaired) electrons. The summed E-state index contributed by atoms with van der Waals surface area (Å²) in [6.45, 7) is 0.611. The van der Waals surface area contributed by atoms with Crippen LogP contribution >= 0.6 is 27.5 Å². The van der Waals surface area contributed by atoms with Gasteiger partial charge in [-0.2, -0.15) is 0 Å². The summed E-state index contributed by atoms with van der Waals surface area (Å²) < 4.78 is 52.3. The quantitative estimate of drug-likeness (QED) is 0.788. The lowest BCUT2D eigenvalue weighted by atomic mass is 10.1. The number of nitrogens with zero attached hydrogens (tertiary/aromatic N) is 1. The van der Waals surface area contributed by atoms with E-state index in [1.165, 1.54) is 16.4 Å². The van der Waals surface area contributed by atoms with Gasteiger partial charge in [-0.15, -0.1) is 0 Å². The third-order valence-corrected chi connectivity index (χ3v) is 7.23. The maximum Gasteiger partial charge on any atom is 0.242 e. The summed E-state index contributed by atoms with van der Waals surface area (Å²) in [5.41, 5.74) is 0. The fourth-order valence-corrected chi connectivity index (χ4v) is 5.50. The number of sulfonamides is 2. The Hall–Kier alpha value is -0.190. The molecule has 1 heterocycles. The van der Waals surface area contributed by atoms with E-state index in [0.29, 0.717) is 30.4 Å². The van der Waals surface area contributed by atoms with Crippen LogP contribution in [0.3, 0.4) is 0 Å².